The first-order chi connectivity index (χ1) is 5.20. The molecule has 0 radical (unpaired) electrons. The van der Waals surface area contributed by atoms with Gasteiger partial charge in [-0.15, -0.1) is 11.3 Å². The lowest BCUT2D eigenvalue weighted by Gasteiger charge is -1.95. The monoisotopic (exact) mass is 190 g/mol. The molecular formula is C9H15ClS. The van der Waals surface area contributed by atoms with Crippen LogP contribution in [-0.2, 0) is 0 Å². The van der Waals surface area contributed by atoms with E-state index >= 15 is 0 Å². The molecule has 11 heavy (non-hydrogen) atoms. The molecule has 2 heteroatoms. The highest BCUT2D eigenvalue weighted by atomic mass is 35.5. The van der Waals surface area contributed by atoms with E-state index in [-0.39, 0.29) is 0 Å². The Morgan fingerprint density at radius 1 is 1.27 bits per heavy atom. The first-order valence-corrected chi connectivity index (χ1v) is 5.15. The van der Waals surface area contributed by atoms with Crippen LogP contribution in [0.25, 0.3) is 0 Å². The van der Waals surface area contributed by atoms with E-state index in [0.717, 1.165) is 4.34 Å². The topological polar surface area (TPSA) is 0 Å². The van der Waals surface area contributed by atoms with E-state index in [2.05, 4.69) is 19.9 Å². The van der Waals surface area contributed by atoms with Crippen molar-refractivity contribution >= 4 is 22.9 Å². The molecule has 0 aliphatic carbocycles. The lowest BCUT2D eigenvalue weighted by molar-refractivity contribution is 0.890. The van der Waals surface area contributed by atoms with Gasteiger partial charge in [-0.25, -0.2) is 0 Å². The summed E-state index contributed by atoms with van der Waals surface area (Å²) < 4.78 is 0.888. The van der Waals surface area contributed by atoms with E-state index in [9.17, 15) is 0 Å². The summed E-state index contributed by atoms with van der Waals surface area (Å²) in [5.41, 5.74) is 0. The molecule has 0 saturated heterocycles. The molecule has 0 nitrogen and oxygen atoms in total. The van der Waals surface area contributed by atoms with Gasteiger partial charge in [0, 0.05) is 4.88 Å². The van der Waals surface area contributed by atoms with Gasteiger partial charge in [-0.05, 0) is 18.1 Å². The SMILES string of the molecule is CC.CC(C)c1ccc(Cl)s1. The molecule has 1 heterocycles. The zero-order chi connectivity index (χ0) is 8.85. The molecule has 0 spiro atoms. The third-order valence-electron chi connectivity index (χ3n) is 1.16. The van der Waals surface area contributed by atoms with Crippen molar-refractivity contribution in [2.75, 3.05) is 0 Å². The molecule has 1 aromatic heterocycles. The lowest BCUT2D eigenvalue weighted by atomic mass is 10.2. The molecule has 0 fully saturated rings. The summed E-state index contributed by atoms with van der Waals surface area (Å²) in [6, 6.07) is 4.03. The summed E-state index contributed by atoms with van der Waals surface area (Å²) in [6.07, 6.45) is 0. The van der Waals surface area contributed by atoms with E-state index in [4.69, 9.17) is 11.6 Å². The third-order valence-corrected chi connectivity index (χ3v) is 2.69. The van der Waals surface area contributed by atoms with Crippen LogP contribution in [0.3, 0.4) is 0 Å². The number of rotatable bonds is 1. The zero-order valence-electron chi connectivity index (χ0n) is 7.52. The van der Waals surface area contributed by atoms with Crippen LogP contribution in [0.2, 0.25) is 4.34 Å². The highest BCUT2D eigenvalue weighted by molar-refractivity contribution is 7.16. The first kappa shape index (κ1) is 11.0. The van der Waals surface area contributed by atoms with Crippen molar-refractivity contribution in [2.45, 2.75) is 33.6 Å². The maximum atomic E-state index is 5.72. The maximum Gasteiger partial charge on any atom is 0.0931 e. The summed E-state index contributed by atoms with van der Waals surface area (Å²) in [5.74, 6) is 0.613. The van der Waals surface area contributed by atoms with E-state index in [1.54, 1.807) is 11.3 Å². The van der Waals surface area contributed by atoms with Gasteiger partial charge in [-0.3, -0.25) is 0 Å². The Labute approximate surface area is 78.2 Å². The molecule has 0 aromatic carbocycles. The molecule has 0 unspecified atom stereocenters. The van der Waals surface area contributed by atoms with E-state index in [1.165, 1.54) is 4.88 Å². The number of hydrogen-bond acceptors (Lipinski definition) is 1. The van der Waals surface area contributed by atoms with E-state index < -0.39 is 0 Å². The van der Waals surface area contributed by atoms with Gasteiger partial charge in [0.15, 0.2) is 0 Å². The molecule has 0 amide bonds. The molecule has 0 atom stereocenters. The van der Waals surface area contributed by atoms with Gasteiger partial charge in [0.1, 0.15) is 0 Å². The van der Waals surface area contributed by atoms with E-state index in [1.807, 2.05) is 19.9 Å². The Morgan fingerprint density at radius 2 is 1.82 bits per heavy atom. The minimum Gasteiger partial charge on any atom is -0.128 e. The molecule has 0 N–H and O–H groups in total. The zero-order valence-corrected chi connectivity index (χ0v) is 9.09. The quantitative estimate of drug-likeness (QED) is 0.610. The van der Waals surface area contributed by atoms with Crippen molar-refractivity contribution in [2.24, 2.45) is 0 Å². The van der Waals surface area contributed by atoms with Crippen molar-refractivity contribution < 1.29 is 0 Å². The highest BCUT2D eigenvalue weighted by Crippen LogP contribution is 2.27. The van der Waals surface area contributed by atoms with Crippen LogP contribution in [0.15, 0.2) is 12.1 Å². The minimum absolute atomic E-state index is 0.613. The largest absolute Gasteiger partial charge is 0.128 e. The van der Waals surface area contributed by atoms with Crippen molar-refractivity contribution in [3.63, 3.8) is 0 Å². The summed E-state index contributed by atoms with van der Waals surface area (Å²) in [6.45, 7) is 8.34. The molecule has 1 rings (SSSR count). The average molecular weight is 191 g/mol. The van der Waals surface area contributed by atoms with Gasteiger partial charge in [0.2, 0.25) is 0 Å². The number of halogens is 1. The van der Waals surface area contributed by atoms with Crippen LogP contribution in [-0.4, -0.2) is 0 Å². The maximum absolute atomic E-state index is 5.72. The van der Waals surface area contributed by atoms with Gasteiger partial charge in [-0.1, -0.05) is 39.3 Å². The Hall–Kier alpha value is -0.0100. The summed E-state index contributed by atoms with van der Waals surface area (Å²) in [7, 11) is 0. The Balaban J connectivity index is 0.000000461. The van der Waals surface area contributed by atoms with Crippen LogP contribution in [0.4, 0.5) is 0 Å². The smallest absolute Gasteiger partial charge is 0.0931 e. The van der Waals surface area contributed by atoms with Crippen molar-refractivity contribution in [3.05, 3.63) is 21.3 Å². The highest BCUT2D eigenvalue weighted by Gasteiger charge is 2.00. The van der Waals surface area contributed by atoms with Crippen LogP contribution in [0, 0.1) is 0 Å². The molecule has 1 aromatic rings. The summed E-state index contributed by atoms with van der Waals surface area (Å²) >= 11 is 7.38. The Morgan fingerprint density at radius 3 is 2.00 bits per heavy atom. The summed E-state index contributed by atoms with van der Waals surface area (Å²) in [4.78, 5) is 1.36. The normalized spacial score (nSPS) is 9.27. The average Bonchev–Trinajstić information content (AvgIpc) is 2.40. The molecule has 0 bridgehead atoms. The predicted molar refractivity (Wildman–Crippen MR) is 54.8 cm³/mol. The van der Waals surface area contributed by atoms with Crippen LogP contribution >= 0.6 is 22.9 Å². The van der Waals surface area contributed by atoms with Gasteiger partial charge in [0.25, 0.3) is 0 Å². The second kappa shape index (κ2) is 5.62. The second-order valence-corrected chi connectivity index (χ2v) is 4.04. The number of hydrogen-bond donors (Lipinski definition) is 0. The van der Waals surface area contributed by atoms with Crippen molar-refractivity contribution in [3.8, 4) is 0 Å². The number of thiophene rings is 1. The van der Waals surface area contributed by atoms with Crippen LogP contribution < -0.4 is 0 Å². The minimum atomic E-state index is 0.613. The van der Waals surface area contributed by atoms with Crippen molar-refractivity contribution in [1.29, 1.82) is 0 Å². The summed E-state index contributed by atoms with van der Waals surface area (Å²) in [5, 5.41) is 0. The fourth-order valence-electron chi connectivity index (χ4n) is 0.639. The Bertz CT molecular complexity index is 191. The van der Waals surface area contributed by atoms with E-state index in [0.29, 0.717) is 5.92 Å². The predicted octanol–water partition coefficient (Wildman–Crippen LogP) is 4.55. The van der Waals surface area contributed by atoms with Crippen LogP contribution in [0.1, 0.15) is 38.5 Å². The Kier molecular flexibility index (Phi) is 5.61. The second-order valence-electron chi connectivity index (χ2n) is 2.30. The fraction of sp³-hybridized carbons (Fsp3) is 0.556. The molecule has 0 aliphatic rings. The van der Waals surface area contributed by atoms with Crippen LogP contribution in [0.5, 0.6) is 0 Å². The van der Waals surface area contributed by atoms with Gasteiger partial charge < -0.3 is 0 Å². The van der Waals surface area contributed by atoms with Crippen molar-refractivity contribution in [1.82, 2.24) is 0 Å². The van der Waals surface area contributed by atoms with Gasteiger partial charge >= 0.3 is 0 Å². The fourth-order valence-corrected chi connectivity index (χ4v) is 1.70. The first-order valence-electron chi connectivity index (χ1n) is 3.95. The van der Waals surface area contributed by atoms with Gasteiger partial charge in [-0.2, -0.15) is 0 Å². The molecular weight excluding hydrogens is 176 g/mol. The molecule has 0 saturated carbocycles. The molecule has 0 aliphatic heterocycles. The standard InChI is InChI=1S/C7H9ClS.C2H6/c1-5(2)6-3-4-7(8)9-6;1-2/h3-5H,1-2H3;1-2H3. The van der Waals surface area contributed by atoms with Gasteiger partial charge in [0.05, 0.1) is 4.34 Å². The lowest BCUT2D eigenvalue weighted by Crippen LogP contribution is -1.77. The third kappa shape index (κ3) is 3.78. The molecule has 64 valence electrons.